The molecule has 5 aromatic rings. The summed E-state index contributed by atoms with van der Waals surface area (Å²) in [6.07, 6.45) is 5.51. The second kappa shape index (κ2) is 5.79. The number of fused-ring (bicyclic) bond motifs is 5. The van der Waals surface area contributed by atoms with Crippen molar-refractivity contribution in [3.63, 3.8) is 0 Å². The van der Waals surface area contributed by atoms with Gasteiger partial charge in [0.15, 0.2) is 0 Å². The molecule has 2 aromatic heterocycles. The van der Waals surface area contributed by atoms with E-state index in [9.17, 15) is 0 Å². The molecule has 0 N–H and O–H groups in total. The number of methoxy groups -OCH3 is 1. The average molecular weight is 367 g/mol. The SMILES string of the molecule is COCCC1c2c3ccccc3cc3c4ccccc4n4cc[n+](c4c23)C1C. The van der Waals surface area contributed by atoms with Crippen molar-refractivity contribution in [2.45, 2.75) is 25.3 Å². The normalized spacial score (nSPS) is 18.8. The zero-order valence-electron chi connectivity index (χ0n) is 16.2. The Labute approximate surface area is 163 Å². The van der Waals surface area contributed by atoms with Crippen molar-refractivity contribution < 1.29 is 9.30 Å². The van der Waals surface area contributed by atoms with Crippen molar-refractivity contribution >= 4 is 38.1 Å². The van der Waals surface area contributed by atoms with E-state index in [0.717, 1.165) is 13.0 Å². The van der Waals surface area contributed by atoms with E-state index in [2.05, 4.69) is 82.9 Å². The van der Waals surface area contributed by atoms with Gasteiger partial charge in [-0.15, -0.1) is 0 Å². The summed E-state index contributed by atoms with van der Waals surface area (Å²) < 4.78 is 10.3. The van der Waals surface area contributed by atoms with E-state index in [-0.39, 0.29) is 0 Å². The van der Waals surface area contributed by atoms with Gasteiger partial charge >= 0.3 is 0 Å². The van der Waals surface area contributed by atoms with Crippen LogP contribution in [0.15, 0.2) is 67.0 Å². The van der Waals surface area contributed by atoms with Gasteiger partial charge in [-0.3, -0.25) is 0 Å². The molecule has 6 rings (SSSR count). The van der Waals surface area contributed by atoms with Gasteiger partial charge in [0.2, 0.25) is 0 Å². The number of nitrogens with zero attached hydrogens (tertiary/aromatic N) is 2. The number of rotatable bonds is 3. The number of aromatic nitrogens is 2. The third kappa shape index (κ3) is 1.95. The van der Waals surface area contributed by atoms with Crippen molar-refractivity contribution in [1.29, 1.82) is 0 Å². The first kappa shape index (κ1) is 16.1. The smallest absolute Gasteiger partial charge is 0.295 e. The number of pyridine rings is 1. The van der Waals surface area contributed by atoms with Crippen molar-refractivity contribution in [3.8, 4) is 0 Å². The highest BCUT2D eigenvalue weighted by molar-refractivity contribution is 6.18. The fraction of sp³-hybridized carbons (Fsp3) is 0.240. The van der Waals surface area contributed by atoms with Crippen LogP contribution in [0.1, 0.15) is 30.9 Å². The maximum atomic E-state index is 5.50. The molecule has 138 valence electrons. The Hall–Kier alpha value is -2.91. The summed E-state index contributed by atoms with van der Waals surface area (Å²) in [5, 5.41) is 6.79. The molecule has 2 atom stereocenters. The molecule has 3 nitrogen and oxygen atoms in total. The molecule has 0 radical (unpaired) electrons. The van der Waals surface area contributed by atoms with Crippen molar-refractivity contribution in [2.75, 3.05) is 13.7 Å². The van der Waals surface area contributed by atoms with Crippen LogP contribution in [0.4, 0.5) is 0 Å². The van der Waals surface area contributed by atoms with Crippen LogP contribution in [-0.2, 0) is 4.74 Å². The van der Waals surface area contributed by atoms with Gasteiger partial charge in [0.25, 0.3) is 5.65 Å². The zero-order chi connectivity index (χ0) is 18.8. The summed E-state index contributed by atoms with van der Waals surface area (Å²) in [6, 6.07) is 20.4. The number of benzene rings is 3. The standard InChI is InChI=1S/C25H23N2O/c1-16-18(11-14-28-2)23-19-8-4-3-7-17(19)15-21-20-9-5-6-10-22(20)27-13-12-26(16)25(27)24(21)23/h3-10,12-13,15-16,18H,11,14H2,1-2H3/q+1. The highest BCUT2D eigenvalue weighted by atomic mass is 16.5. The Balaban J connectivity index is 1.91. The maximum Gasteiger partial charge on any atom is 0.295 e. The minimum atomic E-state index is 0.391. The molecule has 1 aliphatic heterocycles. The molecule has 3 aromatic carbocycles. The number of para-hydroxylation sites is 1. The molecule has 28 heavy (non-hydrogen) atoms. The van der Waals surface area contributed by atoms with Crippen LogP contribution in [0.5, 0.6) is 0 Å². The lowest BCUT2D eigenvalue weighted by atomic mass is 9.80. The number of ether oxygens (including phenoxy) is 1. The van der Waals surface area contributed by atoms with Gasteiger partial charge < -0.3 is 4.74 Å². The molecule has 1 aliphatic rings. The predicted octanol–water partition coefficient (Wildman–Crippen LogP) is 5.38. The lowest BCUT2D eigenvalue weighted by Gasteiger charge is -2.29. The van der Waals surface area contributed by atoms with Gasteiger partial charge in [0.1, 0.15) is 24.0 Å². The van der Waals surface area contributed by atoms with E-state index < -0.39 is 0 Å². The van der Waals surface area contributed by atoms with E-state index in [4.69, 9.17) is 4.74 Å². The molecule has 0 saturated carbocycles. The van der Waals surface area contributed by atoms with E-state index in [0.29, 0.717) is 12.0 Å². The van der Waals surface area contributed by atoms with Gasteiger partial charge in [0.05, 0.1) is 5.39 Å². The van der Waals surface area contributed by atoms with E-state index in [1.165, 1.54) is 43.7 Å². The molecular formula is C25H23N2O+. The summed E-state index contributed by atoms with van der Waals surface area (Å²) in [4.78, 5) is 0. The van der Waals surface area contributed by atoms with E-state index in [1.54, 1.807) is 7.11 Å². The minimum Gasteiger partial charge on any atom is -0.385 e. The molecule has 2 unspecified atom stereocenters. The molecule has 0 saturated heterocycles. The van der Waals surface area contributed by atoms with Crippen LogP contribution in [-0.4, -0.2) is 18.1 Å². The van der Waals surface area contributed by atoms with Gasteiger partial charge in [-0.25, -0.2) is 4.57 Å². The topological polar surface area (TPSA) is 17.5 Å². The number of hydrogen-bond donors (Lipinski definition) is 0. The molecule has 0 fully saturated rings. The van der Waals surface area contributed by atoms with E-state index in [1.807, 2.05) is 0 Å². The second-order valence-electron chi connectivity index (χ2n) is 7.98. The number of hydrogen-bond acceptors (Lipinski definition) is 1. The minimum absolute atomic E-state index is 0.391. The highest BCUT2D eigenvalue weighted by Gasteiger charge is 2.37. The van der Waals surface area contributed by atoms with Crippen molar-refractivity contribution in [2.24, 2.45) is 0 Å². The summed E-state index contributed by atoms with van der Waals surface area (Å²) in [6.45, 7) is 3.13. The Morgan fingerprint density at radius 1 is 1.00 bits per heavy atom. The van der Waals surface area contributed by atoms with Crippen LogP contribution in [0.25, 0.3) is 38.1 Å². The van der Waals surface area contributed by atoms with Gasteiger partial charge in [-0.05, 0) is 41.8 Å². The number of imidazole rings is 1. The fourth-order valence-electron chi connectivity index (χ4n) is 5.37. The van der Waals surface area contributed by atoms with Crippen LogP contribution in [0.3, 0.4) is 0 Å². The van der Waals surface area contributed by atoms with Crippen molar-refractivity contribution in [1.82, 2.24) is 4.40 Å². The van der Waals surface area contributed by atoms with Gasteiger partial charge in [-0.2, -0.15) is 4.40 Å². The van der Waals surface area contributed by atoms with Crippen LogP contribution in [0, 0.1) is 0 Å². The monoisotopic (exact) mass is 367 g/mol. The van der Waals surface area contributed by atoms with Crippen molar-refractivity contribution in [3.05, 3.63) is 72.6 Å². The molecule has 0 amide bonds. The van der Waals surface area contributed by atoms with E-state index >= 15 is 0 Å². The summed E-state index contributed by atoms with van der Waals surface area (Å²) in [5.74, 6) is 0.429. The first-order valence-corrected chi connectivity index (χ1v) is 10.1. The maximum absolute atomic E-state index is 5.50. The highest BCUT2D eigenvalue weighted by Crippen LogP contribution is 2.45. The van der Waals surface area contributed by atoms with Crippen LogP contribution in [0.2, 0.25) is 0 Å². The summed E-state index contributed by atoms with van der Waals surface area (Å²) in [5.41, 5.74) is 4.08. The first-order valence-electron chi connectivity index (χ1n) is 10.1. The largest absolute Gasteiger partial charge is 0.385 e. The Bertz CT molecular complexity index is 1380. The van der Waals surface area contributed by atoms with Crippen LogP contribution >= 0.6 is 0 Å². The Morgan fingerprint density at radius 2 is 1.79 bits per heavy atom. The molecule has 0 spiro atoms. The Morgan fingerprint density at radius 3 is 2.64 bits per heavy atom. The first-order chi connectivity index (χ1) is 13.8. The second-order valence-corrected chi connectivity index (χ2v) is 7.98. The fourth-order valence-corrected chi connectivity index (χ4v) is 5.37. The van der Waals surface area contributed by atoms with Gasteiger partial charge in [-0.1, -0.05) is 42.5 Å². The molecule has 0 aliphatic carbocycles. The molecular weight excluding hydrogens is 344 g/mol. The zero-order valence-corrected chi connectivity index (χ0v) is 16.2. The lowest BCUT2D eigenvalue weighted by molar-refractivity contribution is -0.698. The summed E-state index contributed by atoms with van der Waals surface area (Å²) >= 11 is 0. The van der Waals surface area contributed by atoms with Crippen LogP contribution < -0.4 is 4.57 Å². The third-order valence-corrected chi connectivity index (χ3v) is 6.64. The lowest BCUT2D eigenvalue weighted by Crippen LogP contribution is -2.43. The third-order valence-electron chi connectivity index (χ3n) is 6.64. The molecule has 3 heterocycles. The summed E-state index contributed by atoms with van der Waals surface area (Å²) in [7, 11) is 1.80. The Kier molecular flexibility index (Phi) is 3.33. The average Bonchev–Trinajstić information content (AvgIpc) is 3.19. The molecule has 3 heteroatoms. The molecule has 0 bridgehead atoms. The van der Waals surface area contributed by atoms with Gasteiger partial charge in [0, 0.05) is 30.4 Å². The quantitative estimate of drug-likeness (QED) is 0.238. The predicted molar refractivity (Wildman–Crippen MR) is 114 cm³/mol.